The first-order chi connectivity index (χ1) is 8.31. The van der Waals surface area contributed by atoms with Gasteiger partial charge >= 0.3 is 5.97 Å². The summed E-state index contributed by atoms with van der Waals surface area (Å²) in [5, 5.41) is 3.43. The Morgan fingerprint density at radius 1 is 1.47 bits per heavy atom. The molecule has 1 aliphatic heterocycles. The maximum atomic E-state index is 11.1. The molecule has 96 valence electrons. The molecule has 1 saturated carbocycles. The van der Waals surface area contributed by atoms with Crippen LogP contribution in [0.5, 0.6) is 0 Å². The van der Waals surface area contributed by atoms with Gasteiger partial charge in [-0.2, -0.15) is 0 Å². The molecule has 4 heteroatoms. The predicted octanol–water partition coefficient (Wildman–Crippen LogP) is 1.26. The van der Waals surface area contributed by atoms with Crippen LogP contribution in [0.25, 0.3) is 0 Å². The molecule has 0 aromatic heterocycles. The second kappa shape index (κ2) is 6.17. The normalized spacial score (nSPS) is 28.8. The Bertz CT molecular complexity index is 286. The second-order valence-corrected chi connectivity index (χ2v) is 4.63. The standard InChI is InChI=1S/C13H21NO3/c1-2-16-12(15)4-3-8-14-11-7-9-17-13(11)10-5-6-10/h3-4,10-11,13-14H,2,5-9H2,1H3/b4-3+. The maximum absolute atomic E-state index is 11.1. The van der Waals surface area contributed by atoms with Gasteiger partial charge in [0.1, 0.15) is 0 Å². The monoisotopic (exact) mass is 239 g/mol. The van der Waals surface area contributed by atoms with Crippen LogP contribution < -0.4 is 5.32 Å². The van der Waals surface area contributed by atoms with E-state index in [9.17, 15) is 4.79 Å². The number of carbonyl (C=O) groups excluding carboxylic acids is 1. The van der Waals surface area contributed by atoms with Crippen molar-refractivity contribution in [2.75, 3.05) is 19.8 Å². The highest BCUT2D eigenvalue weighted by molar-refractivity contribution is 5.81. The minimum atomic E-state index is -0.268. The third-order valence-corrected chi connectivity index (χ3v) is 3.26. The molecule has 0 bridgehead atoms. The molecule has 1 aliphatic carbocycles. The van der Waals surface area contributed by atoms with Crippen molar-refractivity contribution in [2.45, 2.75) is 38.3 Å². The summed E-state index contributed by atoms with van der Waals surface area (Å²) in [4.78, 5) is 11.1. The van der Waals surface area contributed by atoms with E-state index in [1.807, 2.05) is 6.08 Å². The largest absolute Gasteiger partial charge is 0.463 e. The van der Waals surface area contributed by atoms with Crippen LogP contribution in [0.2, 0.25) is 0 Å². The van der Waals surface area contributed by atoms with Gasteiger partial charge in [0.05, 0.1) is 12.7 Å². The topological polar surface area (TPSA) is 47.6 Å². The van der Waals surface area contributed by atoms with Gasteiger partial charge in [0, 0.05) is 25.3 Å². The van der Waals surface area contributed by atoms with E-state index in [0.717, 1.165) is 18.9 Å². The molecule has 2 aliphatic rings. The van der Waals surface area contributed by atoms with Gasteiger partial charge in [0.15, 0.2) is 0 Å². The summed E-state index contributed by atoms with van der Waals surface area (Å²) in [5.74, 6) is 0.500. The fourth-order valence-corrected chi connectivity index (χ4v) is 2.28. The number of nitrogens with one attached hydrogen (secondary N) is 1. The van der Waals surface area contributed by atoms with E-state index < -0.39 is 0 Å². The fraction of sp³-hybridized carbons (Fsp3) is 0.769. The van der Waals surface area contributed by atoms with Crippen LogP contribution in [0.1, 0.15) is 26.2 Å². The molecule has 2 unspecified atom stereocenters. The van der Waals surface area contributed by atoms with Gasteiger partial charge in [-0.25, -0.2) is 4.79 Å². The third kappa shape index (κ3) is 3.82. The molecular formula is C13H21NO3. The van der Waals surface area contributed by atoms with Gasteiger partial charge in [-0.05, 0) is 32.1 Å². The molecule has 4 nitrogen and oxygen atoms in total. The summed E-state index contributed by atoms with van der Waals surface area (Å²) < 4.78 is 10.5. The number of esters is 1. The van der Waals surface area contributed by atoms with Crippen LogP contribution in [0.4, 0.5) is 0 Å². The summed E-state index contributed by atoms with van der Waals surface area (Å²) in [6.07, 6.45) is 7.39. The first-order valence-electron chi connectivity index (χ1n) is 6.49. The van der Waals surface area contributed by atoms with Crippen molar-refractivity contribution in [1.82, 2.24) is 5.32 Å². The highest BCUT2D eigenvalue weighted by Crippen LogP contribution is 2.38. The zero-order valence-electron chi connectivity index (χ0n) is 10.4. The number of ether oxygens (including phenoxy) is 2. The zero-order valence-corrected chi connectivity index (χ0v) is 10.4. The van der Waals surface area contributed by atoms with E-state index in [1.54, 1.807) is 6.92 Å². The summed E-state index contributed by atoms with van der Waals surface area (Å²) in [5.41, 5.74) is 0. The minimum Gasteiger partial charge on any atom is -0.463 e. The van der Waals surface area contributed by atoms with Crippen LogP contribution in [-0.4, -0.2) is 37.9 Å². The Morgan fingerprint density at radius 2 is 2.29 bits per heavy atom. The Hall–Kier alpha value is -0.870. The van der Waals surface area contributed by atoms with Gasteiger partial charge in [0.2, 0.25) is 0 Å². The van der Waals surface area contributed by atoms with Crippen LogP contribution in [0, 0.1) is 5.92 Å². The van der Waals surface area contributed by atoms with Gasteiger partial charge in [0.25, 0.3) is 0 Å². The van der Waals surface area contributed by atoms with Gasteiger partial charge in [-0.3, -0.25) is 0 Å². The van der Waals surface area contributed by atoms with Crippen molar-refractivity contribution >= 4 is 5.97 Å². The molecule has 0 amide bonds. The molecule has 0 aromatic carbocycles. The molecule has 2 fully saturated rings. The van der Waals surface area contributed by atoms with Crippen LogP contribution in [0.3, 0.4) is 0 Å². The SMILES string of the molecule is CCOC(=O)/C=C/CNC1CCOC1C1CC1. The molecule has 0 radical (unpaired) electrons. The lowest BCUT2D eigenvalue weighted by Gasteiger charge is -2.18. The molecular weight excluding hydrogens is 218 g/mol. The lowest BCUT2D eigenvalue weighted by atomic mass is 10.1. The van der Waals surface area contributed by atoms with Crippen molar-refractivity contribution in [3.8, 4) is 0 Å². The van der Waals surface area contributed by atoms with E-state index in [4.69, 9.17) is 9.47 Å². The highest BCUT2D eigenvalue weighted by atomic mass is 16.5. The quantitative estimate of drug-likeness (QED) is 0.560. The van der Waals surface area contributed by atoms with Crippen molar-refractivity contribution in [3.63, 3.8) is 0 Å². The number of rotatable bonds is 6. The lowest BCUT2D eigenvalue weighted by molar-refractivity contribution is -0.137. The Balaban J connectivity index is 1.65. The average molecular weight is 239 g/mol. The molecule has 17 heavy (non-hydrogen) atoms. The van der Waals surface area contributed by atoms with Crippen LogP contribution in [-0.2, 0) is 14.3 Å². The minimum absolute atomic E-state index is 0.268. The first kappa shape index (κ1) is 12.6. The van der Waals surface area contributed by atoms with Crippen molar-refractivity contribution in [3.05, 3.63) is 12.2 Å². The fourth-order valence-electron chi connectivity index (χ4n) is 2.28. The molecule has 2 atom stereocenters. The van der Waals surface area contributed by atoms with E-state index in [2.05, 4.69) is 5.32 Å². The smallest absolute Gasteiger partial charge is 0.330 e. The van der Waals surface area contributed by atoms with Crippen LogP contribution in [0.15, 0.2) is 12.2 Å². The van der Waals surface area contributed by atoms with Crippen LogP contribution >= 0.6 is 0 Å². The number of carbonyl (C=O) groups is 1. The summed E-state index contributed by atoms with van der Waals surface area (Å²) in [7, 11) is 0. The lowest BCUT2D eigenvalue weighted by Crippen LogP contribution is -2.37. The zero-order chi connectivity index (χ0) is 12.1. The number of hydrogen-bond donors (Lipinski definition) is 1. The average Bonchev–Trinajstić information content (AvgIpc) is 3.05. The van der Waals surface area contributed by atoms with E-state index in [-0.39, 0.29) is 5.97 Å². The Labute approximate surface area is 102 Å². The van der Waals surface area contributed by atoms with E-state index >= 15 is 0 Å². The molecule has 0 aromatic rings. The predicted molar refractivity (Wildman–Crippen MR) is 64.6 cm³/mol. The summed E-state index contributed by atoms with van der Waals surface area (Å²) in [6, 6.07) is 0.453. The van der Waals surface area contributed by atoms with Crippen molar-refractivity contribution in [1.29, 1.82) is 0 Å². The molecule has 0 spiro atoms. The molecule has 1 saturated heterocycles. The first-order valence-corrected chi connectivity index (χ1v) is 6.49. The molecule has 2 rings (SSSR count). The molecule has 1 heterocycles. The van der Waals surface area contributed by atoms with Crippen molar-refractivity contribution < 1.29 is 14.3 Å². The summed E-state index contributed by atoms with van der Waals surface area (Å²) >= 11 is 0. The maximum Gasteiger partial charge on any atom is 0.330 e. The molecule has 1 N–H and O–H groups in total. The number of hydrogen-bond acceptors (Lipinski definition) is 4. The summed E-state index contributed by atoms with van der Waals surface area (Å²) in [6.45, 7) is 3.80. The van der Waals surface area contributed by atoms with Crippen molar-refractivity contribution in [2.24, 2.45) is 5.92 Å². The third-order valence-electron chi connectivity index (χ3n) is 3.26. The van der Waals surface area contributed by atoms with E-state index in [0.29, 0.717) is 25.3 Å². The Kier molecular flexibility index (Phi) is 4.57. The van der Waals surface area contributed by atoms with E-state index in [1.165, 1.54) is 18.9 Å². The van der Waals surface area contributed by atoms with Gasteiger partial charge in [-0.15, -0.1) is 0 Å². The van der Waals surface area contributed by atoms with Gasteiger partial charge in [-0.1, -0.05) is 6.08 Å². The Morgan fingerprint density at radius 3 is 3.00 bits per heavy atom. The second-order valence-electron chi connectivity index (χ2n) is 4.63. The highest BCUT2D eigenvalue weighted by Gasteiger charge is 2.40. The van der Waals surface area contributed by atoms with Gasteiger partial charge < -0.3 is 14.8 Å².